The van der Waals surface area contributed by atoms with Gasteiger partial charge >= 0.3 is 6.03 Å². The predicted octanol–water partition coefficient (Wildman–Crippen LogP) is -0.0603. The van der Waals surface area contributed by atoms with E-state index in [0.29, 0.717) is 19.5 Å². The summed E-state index contributed by atoms with van der Waals surface area (Å²) in [7, 11) is 1.63. The molecule has 0 saturated carbocycles. The molecule has 6 nitrogen and oxygen atoms in total. The largest absolute Gasteiger partial charge is 0.370 e. The van der Waals surface area contributed by atoms with Crippen LogP contribution < -0.4 is 10.6 Å². The van der Waals surface area contributed by atoms with Crippen LogP contribution in [-0.2, 0) is 9.53 Å². The van der Waals surface area contributed by atoms with Crippen molar-refractivity contribution in [1.82, 2.24) is 15.5 Å². The second-order valence-electron chi connectivity index (χ2n) is 5.26. The molecule has 2 aliphatic heterocycles. The van der Waals surface area contributed by atoms with E-state index in [1.54, 1.807) is 11.9 Å². The molecule has 2 rings (SSSR count). The lowest BCUT2D eigenvalue weighted by molar-refractivity contribution is -0.127. The molecule has 0 aromatic carbocycles. The minimum Gasteiger partial charge on any atom is -0.370 e. The number of fused-ring (bicyclic) bond motifs is 2. The molecule has 6 heteroatoms. The third kappa shape index (κ3) is 2.58. The first-order valence-corrected chi connectivity index (χ1v) is 6.43. The quantitative estimate of drug-likeness (QED) is 0.726. The number of hydrogen-bond donors (Lipinski definition) is 2. The number of rotatable bonds is 2. The van der Waals surface area contributed by atoms with Crippen LogP contribution in [0.5, 0.6) is 0 Å². The van der Waals surface area contributed by atoms with Crippen molar-refractivity contribution in [3.8, 4) is 0 Å². The van der Waals surface area contributed by atoms with Gasteiger partial charge < -0.3 is 20.3 Å². The van der Waals surface area contributed by atoms with Gasteiger partial charge in [-0.1, -0.05) is 0 Å². The Labute approximate surface area is 107 Å². The summed E-state index contributed by atoms with van der Waals surface area (Å²) in [6, 6.07) is 0.0496. The third-order valence-corrected chi connectivity index (χ3v) is 3.44. The molecule has 0 radical (unpaired) electrons. The van der Waals surface area contributed by atoms with Gasteiger partial charge in [-0.3, -0.25) is 4.79 Å². The van der Waals surface area contributed by atoms with Crippen LogP contribution in [0.3, 0.4) is 0 Å². The Balaban J connectivity index is 1.97. The van der Waals surface area contributed by atoms with Gasteiger partial charge in [0.1, 0.15) is 0 Å². The molecule has 102 valence electrons. The van der Waals surface area contributed by atoms with Crippen molar-refractivity contribution in [3.05, 3.63) is 0 Å². The fraction of sp³-hybridized carbons (Fsp3) is 0.833. The molecular weight excluding hydrogens is 234 g/mol. The van der Waals surface area contributed by atoms with E-state index in [1.165, 1.54) is 0 Å². The summed E-state index contributed by atoms with van der Waals surface area (Å²) in [5, 5.41) is 5.53. The van der Waals surface area contributed by atoms with Crippen LogP contribution >= 0.6 is 0 Å². The molecule has 0 aliphatic carbocycles. The summed E-state index contributed by atoms with van der Waals surface area (Å²) in [5.41, 5.74) is 0. The van der Waals surface area contributed by atoms with Gasteiger partial charge in [0, 0.05) is 26.2 Å². The van der Waals surface area contributed by atoms with E-state index in [4.69, 9.17) is 4.74 Å². The Hall–Kier alpha value is -1.30. The Bertz CT molecular complexity index is 345. The van der Waals surface area contributed by atoms with Gasteiger partial charge in [-0.25, -0.2) is 4.79 Å². The lowest BCUT2D eigenvalue weighted by Crippen LogP contribution is -2.52. The highest BCUT2D eigenvalue weighted by Gasteiger charge is 2.45. The molecule has 2 fully saturated rings. The topological polar surface area (TPSA) is 70.7 Å². The number of hydrogen-bond acceptors (Lipinski definition) is 3. The molecule has 2 bridgehead atoms. The molecule has 18 heavy (non-hydrogen) atoms. The monoisotopic (exact) mass is 255 g/mol. The zero-order valence-electron chi connectivity index (χ0n) is 11.1. The Morgan fingerprint density at radius 2 is 2.06 bits per heavy atom. The number of morpholine rings is 1. The minimum atomic E-state index is -0.165. The van der Waals surface area contributed by atoms with E-state index in [9.17, 15) is 9.59 Å². The lowest BCUT2D eigenvalue weighted by Gasteiger charge is -2.33. The highest BCUT2D eigenvalue weighted by atomic mass is 16.5. The molecule has 0 aromatic heterocycles. The summed E-state index contributed by atoms with van der Waals surface area (Å²) in [5.74, 6) is -0.120. The van der Waals surface area contributed by atoms with E-state index < -0.39 is 0 Å². The summed E-state index contributed by atoms with van der Waals surface area (Å²) in [6.45, 7) is 4.93. The molecule has 3 amide bonds. The van der Waals surface area contributed by atoms with Crippen LogP contribution in [-0.4, -0.2) is 55.2 Å². The fourth-order valence-electron chi connectivity index (χ4n) is 2.62. The van der Waals surface area contributed by atoms with Crippen molar-refractivity contribution in [2.24, 2.45) is 5.92 Å². The van der Waals surface area contributed by atoms with Crippen molar-refractivity contribution in [2.45, 2.75) is 38.5 Å². The van der Waals surface area contributed by atoms with Crippen LogP contribution in [0.4, 0.5) is 4.79 Å². The molecule has 3 atom stereocenters. The highest BCUT2D eigenvalue weighted by molar-refractivity contribution is 5.80. The first-order chi connectivity index (χ1) is 8.51. The number of nitrogens with one attached hydrogen (secondary N) is 2. The molecule has 2 aliphatic rings. The van der Waals surface area contributed by atoms with Crippen molar-refractivity contribution in [3.63, 3.8) is 0 Å². The number of ether oxygens (including phenoxy) is 1. The van der Waals surface area contributed by atoms with Gasteiger partial charge in [0.15, 0.2) is 0 Å². The van der Waals surface area contributed by atoms with Gasteiger partial charge in [-0.05, 0) is 20.3 Å². The predicted molar refractivity (Wildman–Crippen MR) is 66.1 cm³/mol. The van der Waals surface area contributed by atoms with Crippen molar-refractivity contribution >= 4 is 11.9 Å². The van der Waals surface area contributed by atoms with Crippen LogP contribution in [0.15, 0.2) is 0 Å². The number of likely N-dealkylation sites (tertiary alicyclic amines) is 1. The maximum Gasteiger partial charge on any atom is 0.317 e. The van der Waals surface area contributed by atoms with Crippen molar-refractivity contribution in [1.29, 1.82) is 0 Å². The van der Waals surface area contributed by atoms with E-state index in [-0.39, 0.29) is 36.1 Å². The molecular formula is C12H21N3O3. The number of carbonyl (C=O) groups excluding carboxylic acids is 2. The van der Waals surface area contributed by atoms with Crippen LogP contribution in [0, 0.1) is 5.92 Å². The summed E-state index contributed by atoms with van der Waals surface area (Å²) >= 11 is 0. The van der Waals surface area contributed by atoms with Crippen LogP contribution in [0.1, 0.15) is 20.3 Å². The van der Waals surface area contributed by atoms with Gasteiger partial charge in [0.2, 0.25) is 5.91 Å². The maximum atomic E-state index is 11.9. The Morgan fingerprint density at radius 3 is 2.67 bits per heavy atom. The van der Waals surface area contributed by atoms with Crippen LogP contribution in [0.2, 0.25) is 0 Å². The zero-order chi connectivity index (χ0) is 13.3. The standard InChI is InChI=1S/C12H21N3O3/c1-7(2)14-12(17)15-5-8-4-9(11(16)13-3)10(6-15)18-8/h7-10H,4-6H2,1-3H3,(H,13,16)(H,14,17)/t8-,9-,10-/m0/s1. The average molecular weight is 255 g/mol. The summed E-state index contributed by atoms with van der Waals surface area (Å²) < 4.78 is 5.74. The van der Waals surface area contributed by atoms with Gasteiger partial charge in [0.05, 0.1) is 18.1 Å². The van der Waals surface area contributed by atoms with Gasteiger partial charge in [-0.2, -0.15) is 0 Å². The first-order valence-electron chi connectivity index (χ1n) is 6.43. The molecule has 2 N–H and O–H groups in total. The van der Waals surface area contributed by atoms with E-state index in [0.717, 1.165) is 0 Å². The average Bonchev–Trinajstić information content (AvgIpc) is 2.62. The van der Waals surface area contributed by atoms with Gasteiger partial charge in [0.25, 0.3) is 0 Å². The smallest absolute Gasteiger partial charge is 0.317 e. The zero-order valence-corrected chi connectivity index (χ0v) is 11.1. The number of urea groups is 1. The second kappa shape index (κ2) is 5.14. The van der Waals surface area contributed by atoms with E-state index >= 15 is 0 Å². The second-order valence-corrected chi connectivity index (χ2v) is 5.26. The summed E-state index contributed by atoms with van der Waals surface area (Å²) in [4.78, 5) is 25.4. The summed E-state index contributed by atoms with van der Waals surface area (Å²) in [6.07, 6.45) is 0.529. The fourth-order valence-corrected chi connectivity index (χ4v) is 2.62. The Kier molecular flexibility index (Phi) is 3.75. The number of carbonyl (C=O) groups is 2. The minimum absolute atomic E-state index is 0.00798. The maximum absolute atomic E-state index is 11.9. The molecule has 0 aromatic rings. The molecule has 0 unspecified atom stereocenters. The SMILES string of the molecule is CNC(=O)[C@H]1C[C@H]2CN(C(=O)NC(C)C)C[C@@H]1O2. The number of nitrogens with zero attached hydrogens (tertiary/aromatic N) is 1. The van der Waals surface area contributed by atoms with E-state index in [1.807, 2.05) is 13.8 Å². The lowest BCUT2D eigenvalue weighted by atomic mass is 10.00. The first kappa shape index (κ1) is 13.1. The molecule has 2 heterocycles. The van der Waals surface area contributed by atoms with Crippen LogP contribution in [0.25, 0.3) is 0 Å². The Morgan fingerprint density at radius 1 is 1.33 bits per heavy atom. The molecule has 0 spiro atoms. The molecule has 2 saturated heterocycles. The van der Waals surface area contributed by atoms with Crippen molar-refractivity contribution in [2.75, 3.05) is 20.1 Å². The van der Waals surface area contributed by atoms with Gasteiger partial charge in [-0.15, -0.1) is 0 Å². The highest BCUT2D eigenvalue weighted by Crippen LogP contribution is 2.31. The van der Waals surface area contributed by atoms with E-state index in [2.05, 4.69) is 10.6 Å². The normalized spacial score (nSPS) is 30.4. The third-order valence-electron chi connectivity index (χ3n) is 3.44. The number of amides is 3. The van der Waals surface area contributed by atoms with Crippen molar-refractivity contribution < 1.29 is 14.3 Å².